The van der Waals surface area contributed by atoms with Crippen molar-refractivity contribution in [3.05, 3.63) is 35.4 Å². The Bertz CT molecular complexity index is 662. The Hall–Kier alpha value is -1.59. The standard InChI is InChI=1S/C23H36N4O/c1-24-22(27-11-10-23(19-27)8-3-2-4-9-23)25-17-20-6-5-7-21(16-20)18-26-12-14-28-15-13-26/h5-7,16H,2-4,8-15,17-19H2,1H3,(H,24,25). The molecule has 2 heterocycles. The largest absolute Gasteiger partial charge is 0.379 e. The number of guanidine groups is 1. The molecule has 2 saturated heterocycles. The highest BCUT2D eigenvalue weighted by Crippen LogP contribution is 2.43. The van der Waals surface area contributed by atoms with Gasteiger partial charge in [0.15, 0.2) is 5.96 Å². The number of morpholine rings is 1. The topological polar surface area (TPSA) is 40.1 Å². The van der Waals surface area contributed by atoms with Crippen LogP contribution >= 0.6 is 0 Å². The SMILES string of the molecule is CN=C(NCc1cccc(CN2CCOCC2)c1)N1CCC2(CCCCC2)C1. The van der Waals surface area contributed by atoms with Crippen LogP contribution in [-0.2, 0) is 17.8 Å². The number of hydrogen-bond acceptors (Lipinski definition) is 3. The Labute approximate surface area is 170 Å². The van der Waals surface area contributed by atoms with Crippen LogP contribution in [0.1, 0.15) is 49.7 Å². The van der Waals surface area contributed by atoms with E-state index in [1.807, 2.05) is 7.05 Å². The summed E-state index contributed by atoms with van der Waals surface area (Å²) in [4.78, 5) is 9.55. The third-order valence-electron chi connectivity index (χ3n) is 6.82. The van der Waals surface area contributed by atoms with Gasteiger partial charge in [0.2, 0.25) is 0 Å². The molecule has 4 rings (SSSR count). The van der Waals surface area contributed by atoms with Gasteiger partial charge in [-0.1, -0.05) is 43.5 Å². The summed E-state index contributed by atoms with van der Waals surface area (Å²) in [5, 5.41) is 3.62. The molecule has 0 bridgehead atoms. The molecule has 3 fully saturated rings. The fourth-order valence-electron chi connectivity index (χ4n) is 5.19. The second-order valence-electron chi connectivity index (χ2n) is 8.84. The molecule has 0 unspecified atom stereocenters. The number of aliphatic imine (C=N–C) groups is 1. The molecular weight excluding hydrogens is 348 g/mol. The van der Waals surface area contributed by atoms with Gasteiger partial charge in [-0.3, -0.25) is 9.89 Å². The normalized spacial score (nSPS) is 23.3. The number of rotatable bonds is 4. The van der Waals surface area contributed by atoms with Gasteiger partial charge in [-0.15, -0.1) is 0 Å². The van der Waals surface area contributed by atoms with Gasteiger partial charge in [0.05, 0.1) is 13.2 Å². The maximum Gasteiger partial charge on any atom is 0.193 e. The van der Waals surface area contributed by atoms with Crippen LogP contribution in [0, 0.1) is 5.41 Å². The molecule has 5 nitrogen and oxygen atoms in total. The first-order valence-electron chi connectivity index (χ1n) is 11.1. The lowest BCUT2D eigenvalue weighted by Gasteiger charge is -2.33. The van der Waals surface area contributed by atoms with E-state index in [2.05, 4.69) is 44.4 Å². The highest BCUT2D eigenvalue weighted by molar-refractivity contribution is 5.80. The van der Waals surface area contributed by atoms with Crippen molar-refractivity contribution in [2.24, 2.45) is 10.4 Å². The van der Waals surface area contributed by atoms with Gasteiger partial charge in [-0.25, -0.2) is 0 Å². The first-order valence-corrected chi connectivity index (χ1v) is 11.1. The van der Waals surface area contributed by atoms with Gasteiger partial charge in [-0.05, 0) is 35.8 Å². The number of hydrogen-bond donors (Lipinski definition) is 1. The first-order chi connectivity index (χ1) is 13.8. The number of likely N-dealkylation sites (tertiary alicyclic amines) is 1. The van der Waals surface area contributed by atoms with Crippen LogP contribution in [0.3, 0.4) is 0 Å². The van der Waals surface area contributed by atoms with Gasteiger partial charge in [0, 0.05) is 46.3 Å². The first kappa shape index (κ1) is 19.7. The Morgan fingerprint density at radius 1 is 1.07 bits per heavy atom. The monoisotopic (exact) mass is 384 g/mol. The van der Waals surface area contributed by atoms with Gasteiger partial charge in [0.1, 0.15) is 0 Å². The molecule has 28 heavy (non-hydrogen) atoms. The van der Waals surface area contributed by atoms with E-state index in [1.54, 1.807) is 0 Å². The molecule has 1 spiro atoms. The summed E-state index contributed by atoms with van der Waals surface area (Å²) < 4.78 is 5.46. The summed E-state index contributed by atoms with van der Waals surface area (Å²) in [7, 11) is 1.92. The highest BCUT2D eigenvalue weighted by Gasteiger charge is 2.39. The van der Waals surface area contributed by atoms with Crippen molar-refractivity contribution in [2.45, 2.75) is 51.6 Å². The maximum atomic E-state index is 5.46. The van der Waals surface area contributed by atoms with E-state index in [9.17, 15) is 0 Å². The minimum atomic E-state index is 0.563. The molecule has 3 aliphatic rings. The second-order valence-corrected chi connectivity index (χ2v) is 8.84. The summed E-state index contributed by atoms with van der Waals surface area (Å²) in [6.07, 6.45) is 8.40. The molecule has 0 amide bonds. The minimum absolute atomic E-state index is 0.563. The Morgan fingerprint density at radius 2 is 1.86 bits per heavy atom. The zero-order valence-electron chi connectivity index (χ0n) is 17.5. The van der Waals surface area contributed by atoms with Crippen molar-refractivity contribution in [2.75, 3.05) is 46.4 Å². The molecule has 0 aromatic heterocycles. The Balaban J connectivity index is 1.31. The summed E-state index contributed by atoms with van der Waals surface area (Å²) in [5.41, 5.74) is 3.28. The van der Waals surface area contributed by atoms with Gasteiger partial charge in [0.25, 0.3) is 0 Å². The van der Waals surface area contributed by atoms with Crippen LogP contribution in [0.2, 0.25) is 0 Å². The summed E-state index contributed by atoms with van der Waals surface area (Å²) in [6, 6.07) is 8.97. The van der Waals surface area contributed by atoms with E-state index in [0.717, 1.165) is 51.9 Å². The lowest BCUT2D eigenvalue weighted by Crippen LogP contribution is -2.41. The Kier molecular flexibility index (Phi) is 6.53. The van der Waals surface area contributed by atoms with E-state index < -0.39 is 0 Å². The van der Waals surface area contributed by atoms with Crippen molar-refractivity contribution in [3.63, 3.8) is 0 Å². The van der Waals surface area contributed by atoms with Crippen LogP contribution in [0.15, 0.2) is 29.3 Å². The summed E-state index contributed by atoms with van der Waals surface area (Å²) >= 11 is 0. The van der Waals surface area contributed by atoms with Crippen molar-refractivity contribution >= 4 is 5.96 Å². The lowest BCUT2D eigenvalue weighted by atomic mass is 9.73. The highest BCUT2D eigenvalue weighted by atomic mass is 16.5. The Morgan fingerprint density at radius 3 is 2.64 bits per heavy atom. The van der Waals surface area contributed by atoms with Gasteiger partial charge < -0.3 is 15.0 Å². The summed E-state index contributed by atoms with van der Waals surface area (Å²) in [5.74, 6) is 1.07. The minimum Gasteiger partial charge on any atom is -0.379 e. The number of nitrogens with one attached hydrogen (secondary N) is 1. The fraction of sp³-hybridized carbons (Fsp3) is 0.696. The summed E-state index contributed by atoms with van der Waals surface area (Å²) in [6.45, 7) is 7.97. The zero-order chi connectivity index (χ0) is 19.2. The van der Waals surface area contributed by atoms with Gasteiger partial charge in [-0.2, -0.15) is 0 Å². The average molecular weight is 385 g/mol. The van der Waals surface area contributed by atoms with Crippen LogP contribution in [0.5, 0.6) is 0 Å². The third-order valence-corrected chi connectivity index (χ3v) is 6.82. The van der Waals surface area contributed by atoms with Crippen molar-refractivity contribution in [1.82, 2.24) is 15.1 Å². The number of ether oxygens (including phenoxy) is 1. The molecular formula is C23H36N4O. The zero-order valence-corrected chi connectivity index (χ0v) is 17.5. The molecule has 1 aromatic rings. The van der Waals surface area contributed by atoms with Crippen molar-refractivity contribution in [3.8, 4) is 0 Å². The van der Waals surface area contributed by atoms with E-state index >= 15 is 0 Å². The van der Waals surface area contributed by atoms with Gasteiger partial charge >= 0.3 is 0 Å². The third kappa shape index (κ3) is 4.87. The molecule has 1 saturated carbocycles. The van der Waals surface area contributed by atoms with Crippen molar-refractivity contribution in [1.29, 1.82) is 0 Å². The maximum absolute atomic E-state index is 5.46. The average Bonchev–Trinajstić information content (AvgIpc) is 3.13. The van der Waals surface area contributed by atoms with E-state index in [0.29, 0.717) is 5.41 Å². The van der Waals surface area contributed by atoms with Crippen LogP contribution in [0.25, 0.3) is 0 Å². The van der Waals surface area contributed by atoms with Crippen LogP contribution in [0.4, 0.5) is 0 Å². The van der Waals surface area contributed by atoms with E-state index in [-0.39, 0.29) is 0 Å². The van der Waals surface area contributed by atoms with Crippen LogP contribution in [-0.4, -0.2) is 62.2 Å². The quantitative estimate of drug-likeness (QED) is 0.639. The smallest absolute Gasteiger partial charge is 0.193 e. The second kappa shape index (κ2) is 9.27. The molecule has 0 atom stereocenters. The fourth-order valence-corrected chi connectivity index (χ4v) is 5.19. The van der Waals surface area contributed by atoms with E-state index in [4.69, 9.17) is 4.74 Å². The lowest BCUT2D eigenvalue weighted by molar-refractivity contribution is 0.0342. The molecule has 154 valence electrons. The van der Waals surface area contributed by atoms with Crippen molar-refractivity contribution < 1.29 is 4.74 Å². The molecule has 0 radical (unpaired) electrons. The predicted molar refractivity (Wildman–Crippen MR) is 114 cm³/mol. The van der Waals surface area contributed by atoms with E-state index in [1.165, 1.54) is 56.2 Å². The number of benzene rings is 1. The molecule has 5 heteroatoms. The van der Waals surface area contributed by atoms with Crippen LogP contribution < -0.4 is 5.32 Å². The predicted octanol–water partition coefficient (Wildman–Crippen LogP) is 3.25. The number of nitrogens with zero attached hydrogens (tertiary/aromatic N) is 3. The molecule has 1 aliphatic carbocycles. The molecule has 2 aliphatic heterocycles. The molecule has 1 aromatic carbocycles. The molecule has 1 N–H and O–H groups in total.